The van der Waals surface area contributed by atoms with Gasteiger partial charge in [0.1, 0.15) is 17.3 Å². The van der Waals surface area contributed by atoms with Gasteiger partial charge in [0, 0.05) is 16.3 Å². The van der Waals surface area contributed by atoms with Gasteiger partial charge in [0.25, 0.3) is 0 Å². The van der Waals surface area contributed by atoms with Crippen LogP contribution in [0.2, 0.25) is 0 Å². The molecule has 2 atom stereocenters. The first-order valence-electron chi connectivity index (χ1n) is 12.7. The lowest BCUT2D eigenvalue weighted by molar-refractivity contribution is -0.137. The number of benzene rings is 2. The van der Waals surface area contributed by atoms with E-state index in [0.717, 1.165) is 40.3 Å². The molecule has 0 spiro atoms. The van der Waals surface area contributed by atoms with Gasteiger partial charge in [-0.15, -0.1) is 11.8 Å². The zero-order valence-corrected chi connectivity index (χ0v) is 21.8. The fraction of sp³-hybridized carbons (Fsp3) is 0.233. The minimum atomic E-state index is -4.56. The van der Waals surface area contributed by atoms with E-state index in [1.54, 1.807) is 46.9 Å². The fourth-order valence-corrected chi connectivity index (χ4v) is 6.88. The number of ketones is 1. The molecule has 2 aromatic carbocycles. The Hall–Kier alpha value is -3.79. The van der Waals surface area contributed by atoms with Crippen LogP contribution in [0.4, 0.5) is 22.0 Å². The standard InChI is InChI=1S/C30H22F5N3OS/c31-21-3-7-23(8-4-21)38-27-13-19-1-9-25(40-24-10-5-22(32)6-11-24)15-29(19,14-18(27)16-37-38)28(39)26-12-2-20(17-36-26)30(33,34)35/h2-8,10-13,16-17,25H,1,9,14-15H2. The number of Topliss-reactive ketones (excluding diaryl/α,β-unsaturated/α-hetero) is 1. The van der Waals surface area contributed by atoms with E-state index in [-0.39, 0.29) is 28.4 Å². The number of thioether (sulfide) groups is 1. The number of nitrogens with zero attached hydrogens (tertiary/aromatic N) is 3. The van der Waals surface area contributed by atoms with Crippen molar-refractivity contribution in [3.63, 3.8) is 0 Å². The summed E-state index contributed by atoms with van der Waals surface area (Å²) in [5, 5.41) is 4.52. The molecule has 2 aliphatic carbocycles. The number of hydrogen-bond donors (Lipinski definition) is 0. The number of rotatable bonds is 5. The molecule has 2 heterocycles. The van der Waals surface area contributed by atoms with Crippen LogP contribution in [-0.4, -0.2) is 25.8 Å². The predicted octanol–water partition coefficient (Wildman–Crippen LogP) is 7.72. The Morgan fingerprint density at radius 3 is 2.30 bits per heavy atom. The molecule has 204 valence electrons. The van der Waals surface area contributed by atoms with Crippen molar-refractivity contribution in [1.82, 2.24) is 14.8 Å². The van der Waals surface area contributed by atoms with Crippen molar-refractivity contribution in [2.24, 2.45) is 5.41 Å². The van der Waals surface area contributed by atoms with Crippen LogP contribution in [0.1, 0.15) is 46.6 Å². The summed E-state index contributed by atoms with van der Waals surface area (Å²) in [5.41, 5.74) is 1.16. The lowest BCUT2D eigenvalue weighted by Crippen LogP contribution is -2.43. The smallest absolute Gasteiger partial charge is 0.291 e. The van der Waals surface area contributed by atoms with E-state index in [2.05, 4.69) is 10.1 Å². The van der Waals surface area contributed by atoms with Gasteiger partial charge in [-0.3, -0.25) is 9.78 Å². The summed E-state index contributed by atoms with van der Waals surface area (Å²) >= 11 is 1.56. The summed E-state index contributed by atoms with van der Waals surface area (Å²) in [6.45, 7) is 0. The van der Waals surface area contributed by atoms with E-state index in [1.165, 1.54) is 24.3 Å². The molecular weight excluding hydrogens is 545 g/mol. The first kappa shape index (κ1) is 26.4. The van der Waals surface area contributed by atoms with E-state index in [9.17, 15) is 26.7 Å². The number of fused-ring (bicyclic) bond motifs is 2. The summed E-state index contributed by atoms with van der Waals surface area (Å²) in [6, 6.07) is 14.1. The van der Waals surface area contributed by atoms with Crippen LogP contribution in [0.5, 0.6) is 0 Å². The summed E-state index contributed by atoms with van der Waals surface area (Å²) < 4.78 is 68.2. The number of alkyl halides is 3. The highest BCUT2D eigenvalue weighted by Gasteiger charge is 2.49. The second-order valence-electron chi connectivity index (χ2n) is 10.1. The quantitative estimate of drug-likeness (QED) is 0.183. The van der Waals surface area contributed by atoms with E-state index >= 15 is 0 Å². The van der Waals surface area contributed by atoms with Gasteiger partial charge >= 0.3 is 6.18 Å². The molecule has 0 amide bonds. The Balaban J connectivity index is 1.39. The number of allylic oxidation sites excluding steroid dienone is 1. The number of hydrogen-bond acceptors (Lipinski definition) is 4. The normalized spacial score (nSPS) is 20.4. The zero-order valence-electron chi connectivity index (χ0n) is 21.0. The molecular formula is C30H22F5N3OS. The van der Waals surface area contributed by atoms with E-state index < -0.39 is 17.2 Å². The molecule has 4 aromatic rings. The van der Waals surface area contributed by atoms with Crippen molar-refractivity contribution in [2.45, 2.75) is 42.0 Å². The monoisotopic (exact) mass is 567 g/mol. The molecule has 4 nitrogen and oxygen atoms in total. The van der Waals surface area contributed by atoms with Gasteiger partial charge in [0.2, 0.25) is 0 Å². The van der Waals surface area contributed by atoms with Crippen molar-refractivity contribution < 1.29 is 26.7 Å². The van der Waals surface area contributed by atoms with Crippen molar-refractivity contribution >= 4 is 23.6 Å². The second kappa shape index (κ2) is 9.99. The van der Waals surface area contributed by atoms with Gasteiger partial charge in [-0.1, -0.05) is 5.57 Å². The van der Waals surface area contributed by atoms with Gasteiger partial charge in [-0.25, -0.2) is 13.5 Å². The van der Waals surface area contributed by atoms with Crippen LogP contribution in [0.15, 0.2) is 83.5 Å². The van der Waals surface area contributed by atoms with Crippen molar-refractivity contribution in [2.75, 3.05) is 0 Å². The Kier molecular flexibility index (Phi) is 6.60. The first-order valence-corrected chi connectivity index (χ1v) is 13.5. The first-order chi connectivity index (χ1) is 19.1. The van der Waals surface area contributed by atoms with Gasteiger partial charge < -0.3 is 0 Å². The Labute approximate surface area is 230 Å². The lowest BCUT2D eigenvalue weighted by Gasteiger charge is -2.43. The lowest BCUT2D eigenvalue weighted by atomic mass is 9.61. The molecule has 2 unspecified atom stereocenters. The molecule has 0 bridgehead atoms. The maximum absolute atomic E-state index is 14.2. The SMILES string of the molecule is O=C(c1ccc(C(F)(F)F)cn1)C12Cc3cnn(-c4ccc(F)cc4)c3C=C1CCC(Sc1ccc(F)cc1)C2. The Bertz CT molecular complexity index is 1590. The molecule has 0 N–H and O–H groups in total. The maximum atomic E-state index is 14.2. The van der Waals surface area contributed by atoms with E-state index in [0.29, 0.717) is 31.1 Å². The highest BCUT2D eigenvalue weighted by atomic mass is 32.2. The number of carbonyl (C=O) groups excluding carboxylic acids is 1. The van der Waals surface area contributed by atoms with Crippen LogP contribution >= 0.6 is 11.8 Å². The minimum Gasteiger partial charge on any atom is -0.291 e. The van der Waals surface area contributed by atoms with Crippen molar-refractivity contribution in [1.29, 1.82) is 0 Å². The number of carbonyl (C=O) groups is 1. The molecule has 0 aliphatic heterocycles. The van der Waals surface area contributed by atoms with E-state index in [4.69, 9.17) is 0 Å². The predicted molar refractivity (Wildman–Crippen MR) is 141 cm³/mol. The van der Waals surface area contributed by atoms with E-state index in [1.807, 2.05) is 6.08 Å². The second-order valence-corrected chi connectivity index (χ2v) is 11.4. The number of aromatic nitrogens is 3. The Morgan fingerprint density at radius 2 is 1.65 bits per heavy atom. The zero-order chi connectivity index (χ0) is 28.1. The molecule has 1 saturated carbocycles. The van der Waals surface area contributed by atoms with Crippen LogP contribution in [-0.2, 0) is 12.6 Å². The minimum absolute atomic E-state index is 0.00898. The summed E-state index contributed by atoms with van der Waals surface area (Å²) in [4.78, 5) is 19.0. The summed E-state index contributed by atoms with van der Waals surface area (Å²) in [5.74, 6) is -1.04. The number of pyridine rings is 1. The van der Waals surface area contributed by atoms with Crippen LogP contribution < -0.4 is 0 Å². The van der Waals surface area contributed by atoms with Crippen LogP contribution in [0.3, 0.4) is 0 Å². The fourth-order valence-electron chi connectivity index (χ4n) is 5.60. The Morgan fingerprint density at radius 1 is 0.950 bits per heavy atom. The van der Waals surface area contributed by atoms with Gasteiger partial charge in [0.05, 0.1) is 28.6 Å². The third-order valence-electron chi connectivity index (χ3n) is 7.56. The highest BCUT2D eigenvalue weighted by molar-refractivity contribution is 8.00. The maximum Gasteiger partial charge on any atom is 0.417 e. The molecule has 6 rings (SSSR count). The van der Waals surface area contributed by atoms with Crippen molar-refractivity contribution in [3.8, 4) is 5.69 Å². The van der Waals surface area contributed by atoms with Crippen LogP contribution in [0.25, 0.3) is 11.8 Å². The molecule has 2 aromatic heterocycles. The van der Waals surface area contributed by atoms with Gasteiger partial charge in [-0.05, 0) is 98.0 Å². The average molecular weight is 568 g/mol. The molecule has 0 radical (unpaired) electrons. The molecule has 2 aliphatic rings. The van der Waals surface area contributed by atoms with Gasteiger partial charge in [-0.2, -0.15) is 18.3 Å². The van der Waals surface area contributed by atoms with Crippen LogP contribution in [0, 0.1) is 17.0 Å². The molecule has 40 heavy (non-hydrogen) atoms. The average Bonchev–Trinajstić information content (AvgIpc) is 3.35. The highest BCUT2D eigenvalue weighted by Crippen LogP contribution is 2.53. The molecule has 0 saturated heterocycles. The third-order valence-corrected chi connectivity index (χ3v) is 8.84. The summed E-state index contributed by atoms with van der Waals surface area (Å²) in [6.07, 6.45) is 1.83. The molecule has 10 heteroatoms. The topological polar surface area (TPSA) is 47.8 Å². The number of halogens is 5. The molecule has 1 fully saturated rings. The largest absolute Gasteiger partial charge is 0.417 e. The van der Waals surface area contributed by atoms with Crippen molar-refractivity contribution in [3.05, 3.63) is 113 Å². The summed E-state index contributed by atoms with van der Waals surface area (Å²) in [7, 11) is 0. The van der Waals surface area contributed by atoms with Gasteiger partial charge in [0.15, 0.2) is 5.78 Å². The third kappa shape index (κ3) is 4.85.